The van der Waals surface area contributed by atoms with Crippen LogP contribution in [-0.4, -0.2) is 58.9 Å². The van der Waals surface area contributed by atoms with E-state index in [1.165, 1.54) is 5.56 Å². The van der Waals surface area contributed by atoms with Crippen LogP contribution < -0.4 is 24.8 Å². The van der Waals surface area contributed by atoms with Crippen molar-refractivity contribution in [3.05, 3.63) is 53.6 Å². The van der Waals surface area contributed by atoms with E-state index in [-0.39, 0.29) is 0 Å². The van der Waals surface area contributed by atoms with E-state index < -0.39 is 0 Å². The maximum absolute atomic E-state index is 5.42. The highest BCUT2D eigenvalue weighted by Crippen LogP contribution is 2.38. The van der Waals surface area contributed by atoms with Crippen LogP contribution in [0, 0.1) is 0 Å². The predicted molar refractivity (Wildman–Crippen MR) is 122 cm³/mol. The van der Waals surface area contributed by atoms with Crippen molar-refractivity contribution in [3.8, 4) is 17.2 Å². The van der Waals surface area contributed by atoms with Gasteiger partial charge in [0.1, 0.15) is 0 Å². The number of nitrogens with zero attached hydrogens (tertiary/aromatic N) is 2. The summed E-state index contributed by atoms with van der Waals surface area (Å²) in [7, 11) is 8.72. The molecular weight excluding hydrogens is 380 g/mol. The summed E-state index contributed by atoms with van der Waals surface area (Å²) >= 11 is 0. The fourth-order valence-electron chi connectivity index (χ4n) is 3.07. The van der Waals surface area contributed by atoms with Crippen molar-refractivity contribution in [2.45, 2.75) is 26.1 Å². The van der Waals surface area contributed by atoms with E-state index in [9.17, 15) is 0 Å². The minimum Gasteiger partial charge on any atom is -0.493 e. The Morgan fingerprint density at radius 3 is 2.13 bits per heavy atom. The summed E-state index contributed by atoms with van der Waals surface area (Å²) in [5.74, 6) is 2.59. The number of aliphatic imine (C=N–C) groups is 1. The Hall–Kier alpha value is -2.93. The average Bonchev–Trinajstić information content (AvgIpc) is 2.78. The van der Waals surface area contributed by atoms with Crippen LogP contribution in [0.4, 0.5) is 0 Å². The third kappa shape index (κ3) is 6.56. The first-order valence-corrected chi connectivity index (χ1v) is 9.99. The number of hydrogen-bond donors (Lipinski definition) is 2. The Bertz CT molecular complexity index is 786. The Labute approximate surface area is 180 Å². The number of guanidine groups is 1. The lowest BCUT2D eigenvalue weighted by Gasteiger charge is -2.26. The number of hydrogen-bond acceptors (Lipinski definition) is 5. The van der Waals surface area contributed by atoms with Crippen molar-refractivity contribution >= 4 is 5.96 Å². The first-order chi connectivity index (χ1) is 14.5. The second-order valence-electron chi connectivity index (χ2n) is 7.09. The lowest BCUT2D eigenvalue weighted by molar-refractivity contribution is 0.249. The molecule has 7 heteroatoms. The van der Waals surface area contributed by atoms with Gasteiger partial charge in [-0.3, -0.25) is 9.89 Å². The zero-order valence-corrected chi connectivity index (χ0v) is 18.9. The lowest BCUT2D eigenvalue weighted by atomic mass is 10.2. The van der Waals surface area contributed by atoms with Gasteiger partial charge >= 0.3 is 0 Å². The first kappa shape index (κ1) is 23.3. The van der Waals surface area contributed by atoms with Crippen molar-refractivity contribution in [1.82, 2.24) is 15.5 Å². The topological polar surface area (TPSA) is 67.4 Å². The minimum absolute atomic E-state index is 0.338. The summed E-state index contributed by atoms with van der Waals surface area (Å²) in [6.45, 7) is 4.45. The van der Waals surface area contributed by atoms with Crippen LogP contribution in [-0.2, 0) is 13.1 Å². The highest BCUT2D eigenvalue weighted by Gasteiger charge is 2.14. The Morgan fingerprint density at radius 2 is 1.60 bits per heavy atom. The zero-order valence-electron chi connectivity index (χ0n) is 18.9. The van der Waals surface area contributed by atoms with Crippen LogP contribution in [0.3, 0.4) is 0 Å². The third-order valence-corrected chi connectivity index (χ3v) is 5.00. The molecule has 2 aromatic carbocycles. The summed E-state index contributed by atoms with van der Waals surface area (Å²) in [6.07, 6.45) is 0. The molecule has 0 aliphatic carbocycles. The number of methoxy groups -OCH3 is 3. The molecule has 1 unspecified atom stereocenters. The maximum Gasteiger partial charge on any atom is 0.203 e. The van der Waals surface area contributed by atoms with Gasteiger partial charge in [-0.25, -0.2) is 0 Å². The van der Waals surface area contributed by atoms with E-state index in [2.05, 4.69) is 58.8 Å². The van der Waals surface area contributed by atoms with Gasteiger partial charge in [0.2, 0.25) is 5.75 Å². The molecule has 0 fully saturated rings. The molecule has 0 spiro atoms. The van der Waals surface area contributed by atoms with Gasteiger partial charge in [0.25, 0.3) is 0 Å². The van der Waals surface area contributed by atoms with Crippen LogP contribution in [0.25, 0.3) is 0 Å². The normalized spacial score (nSPS) is 12.4. The standard InChI is InChI=1S/C23H34N4O3/c1-17(27(3)16-18-10-8-7-9-11-18)14-25-23(24-2)26-15-19-12-20(28-4)22(30-6)21(13-19)29-5/h7-13,17H,14-16H2,1-6H3,(H2,24,25,26). The second-order valence-corrected chi connectivity index (χ2v) is 7.09. The quantitative estimate of drug-likeness (QED) is 0.460. The van der Waals surface area contributed by atoms with E-state index in [1.54, 1.807) is 28.4 Å². The van der Waals surface area contributed by atoms with Crippen LogP contribution in [0.5, 0.6) is 17.2 Å². The largest absolute Gasteiger partial charge is 0.493 e. The SMILES string of the molecule is CN=C(NCc1cc(OC)c(OC)c(OC)c1)NCC(C)N(C)Cc1ccccc1. The molecule has 1 atom stereocenters. The Balaban J connectivity index is 1.90. The highest BCUT2D eigenvalue weighted by molar-refractivity contribution is 5.79. The summed E-state index contributed by atoms with van der Waals surface area (Å²) < 4.78 is 16.2. The monoisotopic (exact) mass is 414 g/mol. The van der Waals surface area contributed by atoms with Gasteiger partial charge in [0, 0.05) is 32.7 Å². The molecule has 2 rings (SSSR count). The number of likely N-dealkylation sites (N-methyl/N-ethyl adjacent to an activating group) is 1. The number of rotatable bonds is 10. The van der Waals surface area contributed by atoms with Crippen molar-refractivity contribution in [2.24, 2.45) is 4.99 Å². The van der Waals surface area contributed by atoms with Crippen LogP contribution in [0.15, 0.2) is 47.5 Å². The first-order valence-electron chi connectivity index (χ1n) is 9.99. The molecule has 0 radical (unpaired) electrons. The van der Waals surface area contributed by atoms with Crippen molar-refractivity contribution < 1.29 is 14.2 Å². The van der Waals surface area contributed by atoms with Crippen LogP contribution in [0.2, 0.25) is 0 Å². The molecule has 7 nitrogen and oxygen atoms in total. The smallest absolute Gasteiger partial charge is 0.203 e. The van der Waals surface area contributed by atoms with E-state index >= 15 is 0 Å². The average molecular weight is 415 g/mol. The van der Waals surface area contributed by atoms with Gasteiger partial charge in [-0.1, -0.05) is 30.3 Å². The molecule has 30 heavy (non-hydrogen) atoms. The molecule has 164 valence electrons. The van der Waals surface area contributed by atoms with Crippen molar-refractivity contribution in [3.63, 3.8) is 0 Å². The van der Waals surface area contributed by atoms with Gasteiger partial charge in [-0.2, -0.15) is 0 Å². The van der Waals surface area contributed by atoms with Gasteiger partial charge in [0.15, 0.2) is 17.5 Å². The van der Waals surface area contributed by atoms with E-state index in [0.717, 1.165) is 24.6 Å². The molecule has 0 aliphatic rings. The minimum atomic E-state index is 0.338. The van der Waals surface area contributed by atoms with Gasteiger partial charge in [-0.15, -0.1) is 0 Å². The third-order valence-electron chi connectivity index (χ3n) is 5.00. The van der Waals surface area contributed by atoms with Crippen molar-refractivity contribution in [2.75, 3.05) is 42.0 Å². The van der Waals surface area contributed by atoms with Crippen LogP contribution >= 0.6 is 0 Å². The highest BCUT2D eigenvalue weighted by atomic mass is 16.5. The number of nitrogens with one attached hydrogen (secondary N) is 2. The lowest BCUT2D eigenvalue weighted by Crippen LogP contribution is -2.44. The van der Waals surface area contributed by atoms with Gasteiger partial charge in [0.05, 0.1) is 21.3 Å². The molecular formula is C23H34N4O3. The molecule has 0 bridgehead atoms. The van der Waals surface area contributed by atoms with Crippen molar-refractivity contribution in [1.29, 1.82) is 0 Å². The summed E-state index contributed by atoms with van der Waals surface area (Å²) in [6, 6.07) is 14.7. The van der Waals surface area contributed by atoms with E-state index in [4.69, 9.17) is 14.2 Å². The number of ether oxygens (including phenoxy) is 3. The van der Waals surface area contributed by atoms with Gasteiger partial charge in [-0.05, 0) is 37.2 Å². The Kier molecular flexibility index (Phi) is 9.28. The molecule has 2 N–H and O–H groups in total. The summed E-state index contributed by atoms with van der Waals surface area (Å²) in [5.41, 5.74) is 2.30. The molecule has 2 aromatic rings. The fourth-order valence-corrected chi connectivity index (χ4v) is 3.07. The molecule has 0 aromatic heterocycles. The van der Waals surface area contributed by atoms with Crippen LogP contribution in [0.1, 0.15) is 18.1 Å². The zero-order chi connectivity index (χ0) is 21.9. The summed E-state index contributed by atoms with van der Waals surface area (Å²) in [5, 5.41) is 6.73. The second kappa shape index (κ2) is 11.9. The molecule has 0 saturated heterocycles. The molecule has 0 saturated carbocycles. The van der Waals surface area contributed by atoms with Gasteiger partial charge < -0.3 is 24.8 Å². The Morgan fingerprint density at radius 1 is 0.967 bits per heavy atom. The molecule has 0 amide bonds. The molecule has 0 heterocycles. The van der Waals surface area contributed by atoms with E-state index in [1.807, 2.05) is 18.2 Å². The predicted octanol–water partition coefficient (Wildman–Crippen LogP) is 2.90. The van der Waals surface area contributed by atoms with E-state index in [0.29, 0.717) is 29.8 Å². The summed E-state index contributed by atoms with van der Waals surface area (Å²) in [4.78, 5) is 6.64. The maximum atomic E-state index is 5.42. The fraction of sp³-hybridized carbons (Fsp3) is 0.435. The number of benzene rings is 2. The molecule has 0 aliphatic heterocycles.